The number of pyridine rings is 1. The van der Waals surface area contributed by atoms with E-state index in [1.807, 2.05) is 6.20 Å². The Hall–Kier alpha value is -1.89. The molecule has 0 atom stereocenters. The van der Waals surface area contributed by atoms with Crippen molar-refractivity contribution in [3.05, 3.63) is 44.9 Å². The number of aromatic nitrogens is 3. The van der Waals surface area contributed by atoms with Gasteiger partial charge in [0.1, 0.15) is 10.3 Å². The Labute approximate surface area is 150 Å². The Balaban J connectivity index is 1.63. The van der Waals surface area contributed by atoms with E-state index in [0.717, 1.165) is 30.4 Å². The Bertz CT molecular complexity index is 751. The van der Waals surface area contributed by atoms with Gasteiger partial charge in [0.2, 0.25) is 0 Å². The van der Waals surface area contributed by atoms with Crippen LogP contribution in [0.1, 0.15) is 25.3 Å². The molecule has 6 nitrogen and oxygen atoms in total. The molecule has 1 aliphatic rings. The summed E-state index contributed by atoms with van der Waals surface area (Å²) in [4.78, 5) is 18.8. The Kier molecular flexibility index (Phi) is 5.18. The van der Waals surface area contributed by atoms with Crippen LogP contribution in [0.3, 0.4) is 0 Å². The number of rotatable bonds is 4. The lowest BCUT2D eigenvalue weighted by Crippen LogP contribution is -2.33. The molecule has 1 N–H and O–H groups in total. The highest BCUT2D eigenvalue weighted by Gasteiger charge is 2.16. The van der Waals surface area contributed by atoms with Gasteiger partial charge in [-0.25, -0.2) is 9.67 Å². The number of piperidine rings is 1. The van der Waals surface area contributed by atoms with Crippen molar-refractivity contribution in [3.8, 4) is 0 Å². The third kappa shape index (κ3) is 3.77. The molecule has 7 heteroatoms. The third-order valence-electron chi connectivity index (χ3n) is 4.48. The molecule has 2 aromatic heterocycles. The van der Waals surface area contributed by atoms with Crippen LogP contribution in [0.15, 0.2) is 33.8 Å². The molecule has 0 saturated carbocycles. The van der Waals surface area contributed by atoms with Gasteiger partial charge in [0.05, 0.1) is 11.9 Å². The first-order chi connectivity index (χ1) is 11.5. The summed E-state index contributed by atoms with van der Waals surface area (Å²) in [7, 11) is 1.63. The first-order valence-corrected chi connectivity index (χ1v) is 8.99. The molecular formula is C17H22BrN5O. The number of hydrogen-bond donors (Lipinski definition) is 1. The van der Waals surface area contributed by atoms with E-state index in [1.54, 1.807) is 13.2 Å². The minimum Gasteiger partial charge on any atom is -0.379 e. The SMILES string of the molecule is CC1CCN(c2ccc(CNc3cnn(C)c(=O)c3Br)cn2)CC1. The standard InChI is InChI=1S/C17H22BrN5O/c1-12-5-7-23(8-6-12)15-4-3-13(10-20-15)9-19-14-11-21-22(2)17(24)16(14)18/h3-4,10-12,19H,5-9H2,1-2H3. The smallest absolute Gasteiger partial charge is 0.282 e. The van der Waals surface area contributed by atoms with Crippen molar-refractivity contribution < 1.29 is 0 Å². The van der Waals surface area contributed by atoms with Crippen molar-refractivity contribution in [2.75, 3.05) is 23.3 Å². The van der Waals surface area contributed by atoms with Crippen molar-refractivity contribution in [2.45, 2.75) is 26.3 Å². The predicted octanol–water partition coefficient (Wildman–Crippen LogP) is 2.79. The van der Waals surface area contributed by atoms with Crippen LogP contribution in [-0.4, -0.2) is 27.9 Å². The van der Waals surface area contributed by atoms with Crippen LogP contribution in [0.4, 0.5) is 11.5 Å². The molecule has 1 saturated heterocycles. The van der Waals surface area contributed by atoms with Gasteiger partial charge in [-0.1, -0.05) is 13.0 Å². The number of aryl methyl sites for hydroxylation is 1. The summed E-state index contributed by atoms with van der Waals surface area (Å²) in [6, 6.07) is 4.15. The van der Waals surface area contributed by atoms with Crippen LogP contribution in [0.25, 0.3) is 0 Å². The zero-order valence-electron chi connectivity index (χ0n) is 14.0. The van der Waals surface area contributed by atoms with Crippen molar-refractivity contribution in [3.63, 3.8) is 0 Å². The number of nitrogens with zero attached hydrogens (tertiary/aromatic N) is 4. The van der Waals surface area contributed by atoms with Crippen LogP contribution >= 0.6 is 15.9 Å². The Morgan fingerprint density at radius 2 is 2.04 bits per heavy atom. The average Bonchev–Trinajstić information content (AvgIpc) is 2.60. The van der Waals surface area contributed by atoms with Gasteiger partial charge < -0.3 is 10.2 Å². The van der Waals surface area contributed by atoms with E-state index in [1.165, 1.54) is 17.5 Å². The molecule has 0 radical (unpaired) electrons. The van der Waals surface area contributed by atoms with Crippen molar-refractivity contribution in [1.29, 1.82) is 0 Å². The molecule has 24 heavy (non-hydrogen) atoms. The monoisotopic (exact) mass is 391 g/mol. The number of halogens is 1. The molecule has 3 rings (SSSR count). The van der Waals surface area contributed by atoms with E-state index in [4.69, 9.17) is 0 Å². The van der Waals surface area contributed by atoms with E-state index in [2.05, 4.69) is 55.3 Å². The van der Waals surface area contributed by atoms with E-state index in [9.17, 15) is 4.79 Å². The number of anilines is 2. The zero-order valence-corrected chi connectivity index (χ0v) is 15.6. The molecule has 1 fully saturated rings. The first kappa shape index (κ1) is 17.0. The Morgan fingerprint density at radius 3 is 2.71 bits per heavy atom. The fourth-order valence-electron chi connectivity index (χ4n) is 2.78. The summed E-state index contributed by atoms with van der Waals surface area (Å²) in [5.41, 5.74) is 1.59. The fourth-order valence-corrected chi connectivity index (χ4v) is 3.28. The van der Waals surface area contributed by atoms with E-state index >= 15 is 0 Å². The van der Waals surface area contributed by atoms with Gasteiger partial charge in [-0.15, -0.1) is 0 Å². The molecule has 0 aliphatic carbocycles. The minimum atomic E-state index is -0.159. The topological polar surface area (TPSA) is 63.1 Å². The maximum Gasteiger partial charge on any atom is 0.282 e. The van der Waals surface area contributed by atoms with Crippen LogP contribution in [-0.2, 0) is 13.6 Å². The fraction of sp³-hybridized carbons (Fsp3) is 0.471. The van der Waals surface area contributed by atoms with E-state index in [-0.39, 0.29) is 5.56 Å². The van der Waals surface area contributed by atoms with E-state index in [0.29, 0.717) is 16.7 Å². The van der Waals surface area contributed by atoms with Gasteiger partial charge in [-0.2, -0.15) is 5.10 Å². The molecular weight excluding hydrogens is 370 g/mol. The largest absolute Gasteiger partial charge is 0.379 e. The maximum absolute atomic E-state index is 11.8. The second-order valence-electron chi connectivity index (χ2n) is 6.35. The summed E-state index contributed by atoms with van der Waals surface area (Å²) < 4.78 is 1.79. The normalized spacial score (nSPS) is 15.5. The molecule has 3 heterocycles. The lowest BCUT2D eigenvalue weighted by atomic mass is 9.99. The highest BCUT2D eigenvalue weighted by atomic mass is 79.9. The van der Waals surface area contributed by atoms with Gasteiger partial charge in [-0.05, 0) is 46.3 Å². The molecule has 0 unspecified atom stereocenters. The van der Waals surface area contributed by atoms with Crippen molar-refractivity contribution in [2.24, 2.45) is 13.0 Å². The third-order valence-corrected chi connectivity index (χ3v) is 5.24. The summed E-state index contributed by atoms with van der Waals surface area (Å²) in [6.07, 6.45) is 5.99. The highest BCUT2D eigenvalue weighted by Crippen LogP contribution is 2.22. The molecule has 1 aliphatic heterocycles. The first-order valence-electron chi connectivity index (χ1n) is 8.20. The molecule has 2 aromatic rings. The minimum absolute atomic E-state index is 0.159. The van der Waals surface area contributed by atoms with Gasteiger partial charge in [-0.3, -0.25) is 4.79 Å². The molecule has 0 spiro atoms. The maximum atomic E-state index is 11.8. The summed E-state index contributed by atoms with van der Waals surface area (Å²) in [5, 5.41) is 7.25. The average molecular weight is 392 g/mol. The Morgan fingerprint density at radius 1 is 1.29 bits per heavy atom. The van der Waals surface area contributed by atoms with Gasteiger partial charge >= 0.3 is 0 Å². The summed E-state index contributed by atoms with van der Waals surface area (Å²) >= 11 is 3.31. The van der Waals surface area contributed by atoms with Crippen molar-refractivity contribution in [1.82, 2.24) is 14.8 Å². The predicted molar refractivity (Wildman–Crippen MR) is 99.4 cm³/mol. The lowest BCUT2D eigenvalue weighted by molar-refractivity contribution is 0.436. The van der Waals surface area contributed by atoms with Crippen LogP contribution in [0, 0.1) is 5.92 Å². The van der Waals surface area contributed by atoms with Crippen LogP contribution < -0.4 is 15.8 Å². The van der Waals surface area contributed by atoms with Crippen LogP contribution in [0.2, 0.25) is 0 Å². The lowest BCUT2D eigenvalue weighted by Gasteiger charge is -2.31. The molecule has 128 valence electrons. The van der Waals surface area contributed by atoms with Crippen molar-refractivity contribution >= 4 is 27.4 Å². The highest BCUT2D eigenvalue weighted by molar-refractivity contribution is 9.10. The molecule has 0 aromatic carbocycles. The molecule has 0 amide bonds. The molecule has 0 bridgehead atoms. The van der Waals surface area contributed by atoms with Crippen LogP contribution in [0.5, 0.6) is 0 Å². The van der Waals surface area contributed by atoms with Gasteiger partial charge in [0, 0.05) is 32.9 Å². The second kappa shape index (κ2) is 7.34. The van der Waals surface area contributed by atoms with Gasteiger partial charge in [0.25, 0.3) is 5.56 Å². The summed E-state index contributed by atoms with van der Waals surface area (Å²) in [6.45, 7) is 5.07. The number of nitrogens with one attached hydrogen (secondary N) is 1. The second-order valence-corrected chi connectivity index (χ2v) is 7.14. The summed E-state index contributed by atoms with van der Waals surface area (Å²) in [5.74, 6) is 1.86. The zero-order chi connectivity index (χ0) is 17.1. The van der Waals surface area contributed by atoms with Gasteiger partial charge in [0.15, 0.2) is 0 Å². The quantitative estimate of drug-likeness (QED) is 0.867. The van der Waals surface area contributed by atoms with E-state index < -0.39 is 0 Å². The number of hydrogen-bond acceptors (Lipinski definition) is 5.